The fraction of sp³-hybridized carbons (Fsp3) is 0.778. The Kier molecular flexibility index (Phi) is 4.90. The SMILES string of the molecule is Cc1nn(C)c(C)c1CCC(=O)NC1CC(C)(C)NC(C)(C)C1. The Balaban J connectivity index is 1.92. The highest BCUT2D eigenvalue weighted by molar-refractivity contribution is 5.76. The van der Waals surface area contributed by atoms with Crippen LogP contribution in [0.2, 0.25) is 0 Å². The molecule has 5 heteroatoms. The van der Waals surface area contributed by atoms with E-state index >= 15 is 0 Å². The third-order valence-corrected chi connectivity index (χ3v) is 4.82. The summed E-state index contributed by atoms with van der Waals surface area (Å²) in [5.41, 5.74) is 3.49. The van der Waals surface area contributed by atoms with E-state index in [-0.39, 0.29) is 23.0 Å². The molecule has 0 radical (unpaired) electrons. The zero-order valence-electron chi connectivity index (χ0n) is 15.7. The minimum atomic E-state index is 0.0518. The number of rotatable bonds is 4. The van der Waals surface area contributed by atoms with Gasteiger partial charge in [0.25, 0.3) is 0 Å². The fourth-order valence-corrected chi connectivity index (χ4v) is 4.14. The Hall–Kier alpha value is -1.36. The highest BCUT2D eigenvalue weighted by Crippen LogP contribution is 2.28. The number of carbonyl (C=O) groups excluding carboxylic acids is 1. The van der Waals surface area contributed by atoms with E-state index < -0.39 is 0 Å². The standard InChI is InChI=1S/C18H32N4O/c1-12-15(13(2)22(7)20-12)8-9-16(23)19-14-10-17(3,4)21-18(5,6)11-14/h14,21H,8-11H2,1-7H3,(H,19,23). The van der Waals surface area contributed by atoms with Gasteiger partial charge in [-0.25, -0.2) is 0 Å². The predicted octanol–water partition coefficient (Wildman–Crippen LogP) is 2.39. The molecule has 1 saturated heterocycles. The molecule has 1 aromatic rings. The molecule has 5 nitrogen and oxygen atoms in total. The van der Waals surface area contributed by atoms with Crippen LogP contribution in [0.15, 0.2) is 0 Å². The first-order valence-electron chi connectivity index (χ1n) is 8.57. The lowest BCUT2D eigenvalue weighted by atomic mass is 9.79. The maximum Gasteiger partial charge on any atom is 0.220 e. The molecule has 2 N–H and O–H groups in total. The lowest BCUT2D eigenvalue weighted by molar-refractivity contribution is -0.122. The Morgan fingerprint density at radius 3 is 2.30 bits per heavy atom. The van der Waals surface area contributed by atoms with E-state index in [0.717, 1.165) is 30.7 Å². The molecule has 1 aliphatic rings. The molecule has 1 aliphatic heterocycles. The molecule has 1 fully saturated rings. The summed E-state index contributed by atoms with van der Waals surface area (Å²) in [7, 11) is 1.95. The van der Waals surface area contributed by atoms with Crippen LogP contribution >= 0.6 is 0 Å². The number of amides is 1. The van der Waals surface area contributed by atoms with Crippen LogP contribution in [-0.2, 0) is 18.3 Å². The van der Waals surface area contributed by atoms with E-state index in [9.17, 15) is 4.79 Å². The van der Waals surface area contributed by atoms with Gasteiger partial charge in [-0.3, -0.25) is 9.48 Å². The maximum absolute atomic E-state index is 12.4. The second-order valence-electron chi connectivity index (χ2n) is 8.34. The number of nitrogens with zero attached hydrogens (tertiary/aromatic N) is 2. The Labute approximate surface area is 140 Å². The molecular formula is C18H32N4O. The average Bonchev–Trinajstić information content (AvgIpc) is 2.57. The fourth-order valence-electron chi connectivity index (χ4n) is 4.14. The van der Waals surface area contributed by atoms with Crippen LogP contribution in [0.5, 0.6) is 0 Å². The third-order valence-electron chi connectivity index (χ3n) is 4.82. The van der Waals surface area contributed by atoms with Crippen molar-refractivity contribution < 1.29 is 4.79 Å². The molecule has 1 amide bonds. The molecule has 0 atom stereocenters. The normalized spacial score (nSPS) is 20.5. The van der Waals surface area contributed by atoms with Crippen LogP contribution in [0.25, 0.3) is 0 Å². The number of carbonyl (C=O) groups is 1. The number of hydrogen-bond acceptors (Lipinski definition) is 3. The zero-order chi connectivity index (χ0) is 17.4. The quantitative estimate of drug-likeness (QED) is 0.895. The smallest absolute Gasteiger partial charge is 0.220 e. The molecule has 130 valence electrons. The van der Waals surface area contributed by atoms with Gasteiger partial charge in [-0.1, -0.05) is 0 Å². The van der Waals surface area contributed by atoms with Gasteiger partial charge in [0, 0.05) is 36.3 Å². The topological polar surface area (TPSA) is 59.0 Å². The van der Waals surface area contributed by atoms with Gasteiger partial charge < -0.3 is 10.6 Å². The summed E-state index contributed by atoms with van der Waals surface area (Å²) in [5.74, 6) is 0.145. The highest BCUT2D eigenvalue weighted by Gasteiger charge is 2.38. The molecule has 0 unspecified atom stereocenters. The van der Waals surface area contributed by atoms with E-state index in [1.54, 1.807) is 0 Å². The monoisotopic (exact) mass is 320 g/mol. The van der Waals surface area contributed by atoms with Gasteiger partial charge in [0.1, 0.15) is 0 Å². The Bertz CT molecular complexity index is 570. The van der Waals surface area contributed by atoms with E-state index in [4.69, 9.17) is 0 Å². The van der Waals surface area contributed by atoms with Crippen LogP contribution in [0.1, 0.15) is 63.9 Å². The first-order valence-corrected chi connectivity index (χ1v) is 8.57. The lowest BCUT2D eigenvalue weighted by Gasteiger charge is -2.46. The van der Waals surface area contributed by atoms with Gasteiger partial charge in [0.2, 0.25) is 5.91 Å². The second kappa shape index (κ2) is 6.27. The number of piperidine rings is 1. The Morgan fingerprint density at radius 2 is 1.83 bits per heavy atom. The summed E-state index contributed by atoms with van der Waals surface area (Å²) in [4.78, 5) is 12.4. The molecule has 0 spiro atoms. The van der Waals surface area contributed by atoms with Crippen molar-refractivity contribution in [3.05, 3.63) is 17.0 Å². The molecule has 0 saturated carbocycles. The summed E-state index contributed by atoms with van der Waals surface area (Å²) in [5, 5.41) is 11.3. The summed E-state index contributed by atoms with van der Waals surface area (Å²) in [6, 6.07) is 0.241. The van der Waals surface area contributed by atoms with Gasteiger partial charge in [0.15, 0.2) is 0 Å². The molecule has 2 heterocycles. The van der Waals surface area contributed by atoms with Crippen molar-refractivity contribution in [1.29, 1.82) is 0 Å². The first-order chi connectivity index (χ1) is 10.5. The number of nitrogens with one attached hydrogen (secondary N) is 2. The highest BCUT2D eigenvalue weighted by atomic mass is 16.1. The van der Waals surface area contributed by atoms with Crippen molar-refractivity contribution in [2.45, 2.75) is 84.3 Å². The lowest BCUT2D eigenvalue weighted by Crippen LogP contribution is -2.62. The molecule has 1 aromatic heterocycles. The van der Waals surface area contributed by atoms with E-state index in [2.05, 4.69) is 50.4 Å². The molecule has 0 bridgehead atoms. The van der Waals surface area contributed by atoms with Crippen molar-refractivity contribution in [3.8, 4) is 0 Å². The zero-order valence-corrected chi connectivity index (χ0v) is 15.7. The first kappa shape index (κ1) is 18.0. The van der Waals surface area contributed by atoms with E-state index in [0.29, 0.717) is 6.42 Å². The number of aryl methyl sites for hydroxylation is 2. The summed E-state index contributed by atoms with van der Waals surface area (Å²) >= 11 is 0. The predicted molar refractivity (Wildman–Crippen MR) is 93.5 cm³/mol. The summed E-state index contributed by atoms with van der Waals surface area (Å²) in [6.07, 6.45) is 3.22. The van der Waals surface area contributed by atoms with Crippen molar-refractivity contribution in [3.63, 3.8) is 0 Å². The molecule has 0 aliphatic carbocycles. The van der Waals surface area contributed by atoms with Crippen LogP contribution < -0.4 is 10.6 Å². The second-order valence-corrected chi connectivity index (χ2v) is 8.34. The minimum Gasteiger partial charge on any atom is -0.353 e. The third kappa shape index (κ3) is 4.56. The number of hydrogen-bond donors (Lipinski definition) is 2. The van der Waals surface area contributed by atoms with Crippen molar-refractivity contribution in [1.82, 2.24) is 20.4 Å². The molecule has 2 rings (SSSR count). The van der Waals surface area contributed by atoms with Crippen LogP contribution in [-0.4, -0.2) is 32.8 Å². The largest absolute Gasteiger partial charge is 0.353 e. The van der Waals surface area contributed by atoms with Crippen molar-refractivity contribution >= 4 is 5.91 Å². The van der Waals surface area contributed by atoms with Gasteiger partial charge in [-0.15, -0.1) is 0 Å². The van der Waals surface area contributed by atoms with E-state index in [1.807, 2.05) is 18.7 Å². The van der Waals surface area contributed by atoms with Crippen LogP contribution in [0.3, 0.4) is 0 Å². The van der Waals surface area contributed by atoms with Gasteiger partial charge in [-0.05, 0) is 66.4 Å². The minimum absolute atomic E-state index is 0.0518. The summed E-state index contributed by atoms with van der Waals surface area (Å²) in [6.45, 7) is 12.9. The summed E-state index contributed by atoms with van der Waals surface area (Å²) < 4.78 is 1.89. The maximum atomic E-state index is 12.4. The van der Waals surface area contributed by atoms with Crippen molar-refractivity contribution in [2.24, 2.45) is 7.05 Å². The molecular weight excluding hydrogens is 288 g/mol. The van der Waals surface area contributed by atoms with Crippen molar-refractivity contribution in [2.75, 3.05) is 0 Å². The van der Waals surface area contributed by atoms with E-state index in [1.165, 1.54) is 5.56 Å². The molecule has 0 aromatic carbocycles. The van der Waals surface area contributed by atoms with Gasteiger partial charge in [0.05, 0.1) is 5.69 Å². The van der Waals surface area contributed by atoms with Crippen LogP contribution in [0.4, 0.5) is 0 Å². The number of aromatic nitrogens is 2. The van der Waals surface area contributed by atoms with Gasteiger partial charge >= 0.3 is 0 Å². The average molecular weight is 320 g/mol. The molecule has 23 heavy (non-hydrogen) atoms. The Morgan fingerprint density at radius 1 is 1.26 bits per heavy atom. The van der Waals surface area contributed by atoms with Crippen LogP contribution in [0, 0.1) is 13.8 Å². The van der Waals surface area contributed by atoms with Gasteiger partial charge in [-0.2, -0.15) is 5.10 Å².